The monoisotopic (exact) mass is 399 g/mol. The first-order valence-electron chi connectivity index (χ1n) is 9.78. The van der Waals surface area contributed by atoms with Crippen LogP contribution in [0.1, 0.15) is 42.5 Å². The number of anilines is 1. The summed E-state index contributed by atoms with van der Waals surface area (Å²) in [6.07, 6.45) is 3.41. The molecule has 0 aromatic heterocycles. The van der Waals surface area contributed by atoms with Gasteiger partial charge in [-0.3, -0.25) is 4.90 Å². The van der Waals surface area contributed by atoms with Crippen LogP contribution in [0.5, 0.6) is 0 Å². The third-order valence-electron chi connectivity index (χ3n) is 5.50. The number of hydrogen-bond acceptors (Lipinski definition) is 3. The van der Waals surface area contributed by atoms with Crippen molar-refractivity contribution in [2.24, 2.45) is 0 Å². The Balaban J connectivity index is 1.57. The maximum atomic E-state index is 13.0. The number of benzene rings is 2. The third kappa shape index (κ3) is 3.52. The number of carbonyl (C=O) groups excluding carboxylic acids is 1. The summed E-state index contributed by atoms with van der Waals surface area (Å²) in [6.45, 7) is 3.00. The molecule has 7 heteroatoms. The van der Waals surface area contributed by atoms with E-state index < -0.39 is 10.0 Å². The number of sulfonamides is 1. The van der Waals surface area contributed by atoms with Crippen LogP contribution in [0.2, 0.25) is 0 Å². The predicted molar refractivity (Wildman–Crippen MR) is 109 cm³/mol. The normalized spacial score (nSPS) is 18.5. The molecule has 1 heterocycles. The lowest BCUT2D eigenvalue weighted by molar-refractivity contribution is 0.247. The summed E-state index contributed by atoms with van der Waals surface area (Å²) >= 11 is 0. The number of urea groups is 1. The Morgan fingerprint density at radius 3 is 2.79 bits per heavy atom. The molecule has 1 unspecified atom stereocenters. The van der Waals surface area contributed by atoms with E-state index in [0.717, 1.165) is 36.1 Å². The van der Waals surface area contributed by atoms with Crippen molar-refractivity contribution in [3.05, 3.63) is 59.2 Å². The molecule has 2 amide bonds. The summed E-state index contributed by atoms with van der Waals surface area (Å²) < 4.78 is 28.9. The molecule has 148 valence electrons. The van der Waals surface area contributed by atoms with Gasteiger partial charge in [-0.25, -0.2) is 17.9 Å². The first kappa shape index (κ1) is 19.0. The highest BCUT2D eigenvalue weighted by molar-refractivity contribution is 7.89. The van der Waals surface area contributed by atoms with Gasteiger partial charge >= 0.3 is 6.03 Å². The lowest BCUT2D eigenvalue weighted by atomic mass is 9.88. The van der Waals surface area contributed by atoms with Gasteiger partial charge in [-0.2, -0.15) is 0 Å². The van der Waals surface area contributed by atoms with Gasteiger partial charge in [0.2, 0.25) is 10.0 Å². The zero-order chi connectivity index (χ0) is 19.7. The Bertz CT molecular complexity index is 1000. The summed E-state index contributed by atoms with van der Waals surface area (Å²) in [4.78, 5) is 14.1. The number of rotatable bonds is 4. The summed E-state index contributed by atoms with van der Waals surface area (Å²) in [5.74, 6) is 0. The number of hydrogen-bond donors (Lipinski definition) is 2. The lowest BCUT2D eigenvalue weighted by Crippen LogP contribution is -2.38. The number of aryl methyl sites for hydroxylation is 1. The average Bonchev–Trinajstić information content (AvgIpc) is 3.12. The van der Waals surface area contributed by atoms with Crippen molar-refractivity contribution in [1.82, 2.24) is 10.0 Å². The molecule has 1 atom stereocenters. The van der Waals surface area contributed by atoms with Gasteiger partial charge in [0.15, 0.2) is 0 Å². The molecule has 2 N–H and O–H groups in total. The second-order valence-electron chi connectivity index (χ2n) is 7.29. The van der Waals surface area contributed by atoms with Crippen molar-refractivity contribution in [1.29, 1.82) is 0 Å². The Morgan fingerprint density at radius 2 is 1.96 bits per heavy atom. The molecule has 4 rings (SSSR count). The largest absolute Gasteiger partial charge is 0.338 e. The fraction of sp³-hybridized carbons (Fsp3) is 0.381. The van der Waals surface area contributed by atoms with Crippen molar-refractivity contribution in [2.75, 3.05) is 18.0 Å². The molecule has 0 radical (unpaired) electrons. The second-order valence-corrected chi connectivity index (χ2v) is 9.01. The topological polar surface area (TPSA) is 78.5 Å². The van der Waals surface area contributed by atoms with Gasteiger partial charge in [-0.05, 0) is 67.5 Å². The van der Waals surface area contributed by atoms with E-state index in [2.05, 4.69) is 16.1 Å². The Morgan fingerprint density at radius 1 is 1.14 bits per heavy atom. The maximum Gasteiger partial charge on any atom is 0.321 e. The van der Waals surface area contributed by atoms with Crippen LogP contribution in [-0.4, -0.2) is 27.5 Å². The highest BCUT2D eigenvalue weighted by Gasteiger charge is 2.29. The van der Waals surface area contributed by atoms with Crippen LogP contribution < -0.4 is 14.9 Å². The highest BCUT2D eigenvalue weighted by atomic mass is 32.2. The van der Waals surface area contributed by atoms with E-state index in [1.165, 1.54) is 5.56 Å². The van der Waals surface area contributed by atoms with Gasteiger partial charge in [-0.1, -0.05) is 24.3 Å². The molecule has 0 bridgehead atoms. The van der Waals surface area contributed by atoms with Crippen molar-refractivity contribution < 1.29 is 13.2 Å². The molecule has 2 aromatic rings. The van der Waals surface area contributed by atoms with Gasteiger partial charge in [-0.15, -0.1) is 0 Å². The molecule has 0 saturated heterocycles. The molecule has 1 aliphatic carbocycles. The molecule has 2 aliphatic rings. The number of nitrogens with zero attached hydrogens (tertiary/aromatic N) is 1. The first-order valence-corrected chi connectivity index (χ1v) is 11.3. The van der Waals surface area contributed by atoms with E-state index in [9.17, 15) is 13.2 Å². The van der Waals surface area contributed by atoms with Crippen molar-refractivity contribution in [3.8, 4) is 0 Å². The van der Waals surface area contributed by atoms with Crippen LogP contribution in [0.15, 0.2) is 47.4 Å². The lowest BCUT2D eigenvalue weighted by Gasteiger charge is -2.26. The highest BCUT2D eigenvalue weighted by Crippen LogP contribution is 2.33. The van der Waals surface area contributed by atoms with Crippen LogP contribution in [0.4, 0.5) is 10.5 Å². The van der Waals surface area contributed by atoms with E-state index in [0.29, 0.717) is 19.5 Å². The Kier molecular flexibility index (Phi) is 5.12. The van der Waals surface area contributed by atoms with Crippen LogP contribution >= 0.6 is 0 Å². The molecule has 0 saturated carbocycles. The molecular formula is C21H25N3O3S. The number of carbonyl (C=O) groups is 1. The Hall–Kier alpha value is -2.38. The van der Waals surface area contributed by atoms with Crippen LogP contribution in [0.25, 0.3) is 0 Å². The van der Waals surface area contributed by atoms with Crippen molar-refractivity contribution in [3.63, 3.8) is 0 Å². The fourth-order valence-corrected chi connectivity index (χ4v) is 5.43. The van der Waals surface area contributed by atoms with Crippen LogP contribution in [-0.2, 0) is 22.9 Å². The minimum absolute atomic E-state index is 0.145. The Labute approximate surface area is 166 Å². The molecule has 0 fully saturated rings. The molecule has 28 heavy (non-hydrogen) atoms. The average molecular weight is 400 g/mol. The summed E-state index contributed by atoms with van der Waals surface area (Å²) in [5.41, 5.74) is 3.96. The zero-order valence-electron chi connectivity index (χ0n) is 15.9. The van der Waals surface area contributed by atoms with E-state index in [4.69, 9.17) is 0 Å². The number of amides is 2. The van der Waals surface area contributed by atoms with E-state index in [1.54, 1.807) is 23.1 Å². The maximum absolute atomic E-state index is 13.0. The van der Waals surface area contributed by atoms with Gasteiger partial charge < -0.3 is 5.32 Å². The summed E-state index contributed by atoms with van der Waals surface area (Å²) in [5, 5.41) is 2.79. The number of fused-ring (bicyclic) bond motifs is 2. The van der Waals surface area contributed by atoms with Crippen LogP contribution in [0.3, 0.4) is 0 Å². The van der Waals surface area contributed by atoms with Crippen molar-refractivity contribution in [2.45, 2.75) is 43.5 Å². The summed E-state index contributed by atoms with van der Waals surface area (Å²) in [7, 11) is -3.64. The molecule has 1 aliphatic heterocycles. The summed E-state index contributed by atoms with van der Waals surface area (Å²) in [6, 6.07) is 12.7. The number of nitrogens with one attached hydrogen (secondary N) is 2. The van der Waals surface area contributed by atoms with E-state index in [-0.39, 0.29) is 17.0 Å². The minimum Gasteiger partial charge on any atom is -0.338 e. The second kappa shape index (κ2) is 7.56. The van der Waals surface area contributed by atoms with E-state index in [1.807, 2.05) is 25.1 Å². The molecule has 0 spiro atoms. The molecule has 6 nitrogen and oxygen atoms in total. The molecule has 2 aromatic carbocycles. The zero-order valence-corrected chi connectivity index (χ0v) is 16.8. The SMILES string of the molecule is CCNC(=O)N1CCc2cc(S(=O)(=O)NC3CCCc4ccccc43)ccc21. The minimum atomic E-state index is -3.64. The smallest absolute Gasteiger partial charge is 0.321 e. The van der Waals surface area contributed by atoms with Crippen molar-refractivity contribution >= 4 is 21.7 Å². The van der Waals surface area contributed by atoms with Gasteiger partial charge in [0.1, 0.15) is 0 Å². The standard InChI is InChI=1S/C21H25N3O3S/c1-2-22-21(25)24-13-12-16-14-17(10-11-20(16)24)28(26,27)23-19-9-5-7-15-6-3-4-8-18(15)19/h3-4,6,8,10-11,14,19,23H,2,5,7,9,12-13H2,1H3,(H,22,25). The third-order valence-corrected chi connectivity index (χ3v) is 6.97. The predicted octanol–water partition coefficient (Wildman–Crippen LogP) is 3.13. The van der Waals surface area contributed by atoms with E-state index >= 15 is 0 Å². The first-order chi connectivity index (χ1) is 13.5. The van der Waals surface area contributed by atoms with Gasteiger partial charge in [0.25, 0.3) is 0 Å². The fourth-order valence-electron chi connectivity index (χ4n) is 4.13. The van der Waals surface area contributed by atoms with Crippen LogP contribution in [0, 0.1) is 0 Å². The van der Waals surface area contributed by atoms with Gasteiger partial charge in [0, 0.05) is 24.8 Å². The quantitative estimate of drug-likeness (QED) is 0.829. The van der Waals surface area contributed by atoms with Gasteiger partial charge in [0.05, 0.1) is 4.90 Å². The molecular weight excluding hydrogens is 374 g/mol.